The van der Waals surface area contributed by atoms with Gasteiger partial charge in [-0.1, -0.05) is 18.9 Å². The molecular weight excluding hydrogens is 246 g/mol. The molecule has 6 rings (SSSR count). The highest BCUT2D eigenvalue weighted by molar-refractivity contribution is 5.46. The number of hydrogen-bond donors (Lipinski definition) is 1. The molecule has 1 aromatic rings. The lowest BCUT2D eigenvalue weighted by molar-refractivity contribution is -0.0441. The molecule has 3 fully saturated rings. The third kappa shape index (κ3) is 1.34. The molecule has 5 atom stereocenters. The van der Waals surface area contributed by atoms with Gasteiger partial charge in [-0.3, -0.25) is 4.90 Å². The first kappa shape index (κ1) is 11.6. The molecule has 2 saturated heterocycles. The van der Waals surface area contributed by atoms with Crippen molar-refractivity contribution in [2.75, 3.05) is 6.54 Å². The Kier molecular flexibility index (Phi) is 2.33. The Bertz CT molecular complexity index is 554. The second-order valence-electron chi connectivity index (χ2n) is 7.34. The third-order valence-corrected chi connectivity index (χ3v) is 6.60. The SMILES string of the molecule is Oc1ccc2c(c1)[C@H]1[C@@H]3CCC[C@@H]3[C@@H]2[C@@H]2CCCCN21. The maximum atomic E-state index is 9.93. The maximum Gasteiger partial charge on any atom is 0.115 e. The minimum atomic E-state index is 0.458. The molecule has 3 aliphatic heterocycles. The van der Waals surface area contributed by atoms with Gasteiger partial charge in [0.1, 0.15) is 5.75 Å². The maximum absolute atomic E-state index is 9.93. The van der Waals surface area contributed by atoms with E-state index < -0.39 is 0 Å². The second-order valence-corrected chi connectivity index (χ2v) is 7.34. The Labute approximate surface area is 120 Å². The molecule has 1 aromatic carbocycles. The van der Waals surface area contributed by atoms with Crippen molar-refractivity contribution >= 4 is 0 Å². The minimum absolute atomic E-state index is 0.458. The Hall–Kier alpha value is -1.02. The van der Waals surface area contributed by atoms with E-state index in [4.69, 9.17) is 0 Å². The first-order chi connectivity index (χ1) is 9.84. The van der Waals surface area contributed by atoms with Gasteiger partial charge in [-0.25, -0.2) is 0 Å². The molecule has 0 spiro atoms. The van der Waals surface area contributed by atoms with Crippen molar-refractivity contribution in [2.24, 2.45) is 11.8 Å². The molecule has 1 N–H and O–H groups in total. The van der Waals surface area contributed by atoms with Crippen LogP contribution < -0.4 is 0 Å². The largest absolute Gasteiger partial charge is 0.508 e. The summed E-state index contributed by atoms with van der Waals surface area (Å²) in [6.45, 7) is 1.28. The molecule has 2 nitrogen and oxygen atoms in total. The quantitative estimate of drug-likeness (QED) is 0.774. The number of phenolic OH excluding ortho intramolecular Hbond substituents is 1. The lowest BCUT2D eigenvalue weighted by Gasteiger charge is -2.59. The van der Waals surface area contributed by atoms with Crippen LogP contribution in [0, 0.1) is 11.8 Å². The monoisotopic (exact) mass is 269 g/mol. The average molecular weight is 269 g/mol. The first-order valence-electron chi connectivity index (χ1n) is 8.43. The van der Waals surface area contributed by atoms with Crippen molar-refractivity contribution in [3.8, 4) is 5.75 Å². The van der Waals surface area contributed by atoms with Crippen LogP contribution in [0.2, 0.25) is 0 Å². The number of phenols is 1. The molecule has 0 radical (unpaired) electrons. The highest BCUT2D eigenvalue weighted by atomic mass is 16.3. The Balaban J connectivity index is 1.71. The van der Waals surface area contributed by atoms with Gasteiger partial charge < -0.3 is 5.11 Å². The van der Waals surface area contributed by atoms with Gasteiger partial charge in [0, 0.05) is 18.0 Å². The van der Waals surface area contributed by atoms with Crippen LogP contribution in [0.4, 0.5) is 0 Å². The van der Waals surface area contributed by atoms with Crippen molar-refractivity contribution in [3.05, 3.63) is 29.3 Å². The second kappa shape index (κ2) is 4.00. The molecule has 2 aliphatic carbocycles. The van der Waals surface area contributed by atoms with E-state index in [2.05, 4.69) is 17.0 Å². The fraction of sp³-hybridized carbons (Fsp3) is 0.667. The van der Waals surface area contributed by atoms with Gasteiger partial charge in [0.05, 0.1) is 0 Å². The Morgan fingerprint density at radius 1 is 0.950 bits per heavy atom. The standard InChI is InChI=1S/C18H23NO/c20-11-7-8-13-15(10-11)18-14-5-3-4-12(14)17(13)16-6-1-2-9-19(16)18/h7-8,10,12,14,16-18,20H,1-6,9H2/t12-,14+,16-,17-,18+/m0/s1. The van der Waals surface area contributed by atoms with E-state index in [0.29, 0.717) is 11.8 Å². The van der Waals surface area contributed by atoms with Crippen LogP contribution in [0.1, 0.15) is 61.6 Å². The smallest absolute Gasteiger partial charge is 0.115 e. The Morgan fingerprint density at radius 2 is 1.85 bits per heavy atom. The number of nitrogens with zero attached hydrogens (tertiary/aromatic N) is 1. The van der Waals surface area contributed by atoms with Crippen molar-refractivity contribution in [3.63, 3.8) is 0 Å². The zero-order valence-corrected chi connectivity index (χ0v) is 12.0. The molecule has 0 unspecified atom stereocenters. The summed E-state index contributed by atoms with van der Waals surface area (Å²) in [7, 11) is 0. The van der Waals surface area contributed by atoms with Crippen LogP contribution >= 0.6 is 0 Å². The molecule has 0 aromatic heterocycles. The van der Waals surface area contributed by atoms with Crippen LogP contribution in [0.15, 0.2) is 18.2 Å². The van der Waals surface area contributed by atoms with Gasteiger partial charge in [-0.15, -0.1) is 0 Å². The van der Waals surface area contributed by atoms with E-state index in [0.717, 1.165) is 23.8 Å². The van der Waals surface area contributed by atoms with E-state index in [9.17, 15) is 5.11 Å². The van der Waals surface area contributed by atoms with Gasteiger partial charge in [0.15, 0.2) is 0 Å². The van der Waals surface area contributed by atoms with Crippen molar-refractivity contribution < 1.29 is 5.11 Å². The minimum Gasteiger partial charge on any atom is -0.508 e. The number of aromatic hydroxyl groups is 1. The lowest BCUT2D eigenvalue weighted by Crippen LogP contribution is -2.58. The molecule has 3 heterocycles. The summed E-state index contributed by atoms with van der Waals surface area (Å²) in [6, 6.07) is 7.64. The van der Waals surface area contributed by atoms with Crippen LogP contribution in [0.5, 0.6) is 5.75 Å². The molecule has 0 amide bonds. The predicted octanol–water partition coefficient (Wildman–Crippen LogP) is 3.81. The zero-order valence-electron chi connectivity index (χ0n) is 12.0. The van der Waals surface area contributed by atoms with Gasteiger partial charge >= 0.3 is 0 Å². The van der Waals surface area contributed by atoms with E-state index in [1.165, 1.54) is 50.6 Å². The molecule has 2 bridgehead atoms. The number of hydrogen-bond acceptors (Lipinski definition) is 2. The first-order valence-corrected chi connectivity index (χ1v) is 8.43. The van der Waals surface area contributed by atoms with E-state index in [-0.39, 0.29) is 0 Å². The summed E-state index contributed by atoms with van der Waals surface area (Å²) in [4.78, 5) is 2.82. The normalized spacial score (nSPS) is 42.1. The lowest BCUT2D eigenvalue weighted by atomic mass is 9.59. The molecule has 5 aliphatic rings. The highest BCUT2D eigenvalue weighted by Gasteiger charge is 2.56. The molecule has 2 heteroatoms. The summed E-state index contributed by atoms with van der Waals surface area (Å²) in [5, 5.41) is 9.93. The van der Waals surface area contributed by atoms with Gasteiger partial charge in [0.2, 0.25) is 0 Å². The topological polar surface area (TPSA) is 23.5 Å². The predicted molar refractivity (Wildman–Crippen MR) is 78.8 cm³/mol. The van der Waals surface area contributed by atoms with Gasteiger partial charge in [0.25, 0.3) is 0 Å². The third-order valence-electron chi connectivity index (χ3n) is 6.60. The number of piperidine rings is 2. The summed E-state index contributed by atoms with van der Waals surface area (Å²) >= 11 is 0. The van der Waals surface area contributed by atoms with E-state index in [1.807, 2.05) is 6.07 Å². The fourth-order valence-corrected chi connectivity index (χ4v) is 6.07. The van der Waals surface area contributed by atoms with E-state index >= 15 is 0 Å². The fourth-order valence-electron chi connectivity index (χ4n) is 6.07. The highest BCUT2D eigenvalue weighted by Crippen LogP contribution is 2.62. The van der Waals surface area contributed by atoms with Crippen LogP contribution in [0.3, 0.4) is 0 Å². The van der Waals surface area contributed by atoms with Crippen molar-refractivity contribution in [1.82, 2.24) is 4.90 Å². The van der Waals surface area contributed by atoms with E-state index in [1.54, 1.807) is 5.56 Å². The van der Waals surface area contributed by atoms with Crippen LogP contribution in [-0.4, -0.2) is 22.6 Å². The zero-order chi connectivity index (χ0) is 13.3. The average Bonchev–Trinajstić information content (AvgIpc) is 2.96. The number of benzene rings is 1. The van der Waals surface area contributed by atoms with Gasteiger partial charge in [-0.05, 0) is 67.3 Å². The van der Waals surface area contributed by atoms with Crippen LogP contribution in [0.25, 0.3) is 0 Å². The van der Waals surface area contributed by atoms with Crippen molar-refractivity contribution in [1.29, 1.82) is 0 Å². The molecule has 106 valence electrons. The summed E-state index contributed by atoms with van der Waals surface area (Å²) in [5.41, 5.74) is 3.05. The Morgan fingerprint density at radius 3 is 2.80 bits per heavy atom. The molecule has 1 saturated carbocycles. The number of rotatable bonds is 0. The van der Waals surface area contributed by atoms with Crippen LogP contribution in [-0.2, 0) is 0 Å². The molecular formula is C18H23NO. The summed E-state index contributed by atoms with van der Waals surface area (Å²) < 4.78 is 0. The molecule has 20 heavy (non-hydrogen) atoms. The summed E-state index contributed by atoms with van der Waals surface area (Å²) in [5.74, 6) is 3.00. The van der Waals surface area contributed by atoms with Gasteiger partial charge in [-0.2, -0.15) is 0 Å². The summed E-state index contributed by atoms with van der Waals surface area (Å²) in [6.07, 6.45) is 8.44. The van der Waals surface area contributed by atoms with Crippen molar-refractivity contribution in [2.45, 2.75) is 56.5 Å².